The number of amides is 1. The molecular weight excluding hydrogens is 290 g/mol. The zero-order valence-electron chi connectivity index (χ0n) is 13.4. The minimum Gasteiger partial charge on any atom is -0.309 e. The Morgan fingerprint density at radius 1 is 1.22 bits per heavy atom. The van der Waals surface area contributed by atoms with Crippen LogP contribution in [0.2, 0.25) is 0 Å². The lowest BCUT2D eigenvalue weighted by Crippen LogP contribution is -2.36. The predicted molar refractivity (Wildman–Crippen MR) is 86.7 cm³/mol. The lowest BCUT2D eigenvalue weighted by molar-refractivity contribution is -0.125. The van der Waals surface area contributed by atoms with E-state index in [1.54, 1.807) is 10.9 Å². The highest BCUT2D eigenvalue weighted by Gasteiger charge is 2.51. The third kappa shape index (κ3) is 2.53. The van der Waals surface area contributed by atoms with Crippen LogP contribution in [0, 0.1) is 5.41 Å². The summed E-state index contributed by atoms with van der Waals surface area (Å²) in [6.07, 6.45) is 9.24. The van der Waals surface area contributed by atoms with Crippen LogP contribution in [0.1, 0.15) is 18.4 Å². The Bertz CT molecular complexity index is 713. The minimum atomic E-state index is -0.205. The topological polar surface area (TPSA) is 54.3 Å². The first-order valence-corrected chi connectivity index (χ1v) is 8.08. The number of carbonyl (C=O) groups is 1. The molecule has 23 heavy (non-hydrogen) atoms. The van der Waals surface area contributed by atoms with Gasteiger partial charge in [0, 0.05) is 45.3 Å². The summed E-state index contributed by atoms with van der Waals surface area (Å²) in [4.78, 5) is 21.3. The lowest BCUT2D eigenvalue weighted by Gasteiger charge is -2.23. The average molecular weight is 311 g/mol. The molecule has 0 aliphatic carbocycles. The molecule has 2 saturated heterocycles. The number of rotatable bonds is 3. The van der Waals surface area contributed by atoms with E-state index >= 15 is 0 Å². The van der Waals surface area contributed by atoms with E-state index in [4.69, 9.17) is 0 Å². The summed E-state index contributed by atoms with van der Waals surface area (Å²) in [5, 5.41) is 4.19. The highest BCUT2D eigenvalue weighted by Crippen LogP contribution is 2.42. The molecular formula is C17H21N5O. The van der Waals surface area contributed by atoms with Crippen LogP contribution >= 0.6 is 0 Å². The predicted octanol–water partition coefficient (Wildman–Crippen LogP) is 1.44. The largest absolute Gasteiger partial charge is 0.309 e. The number of anilines is 1. The smallest absolute Gasteiger partial charge is 0.234 e. The van der Waals surface area contributed by atoms with Gasteiger partial charge in [-0.25, -0.2) is 0 Å². The number of likely N-dealkylation sites (tertiary alicyclic amines) is 1. The highest BCUT2D eigenvalue weighted by molar-refractivity contribution is 6.00. The summed E-state index contributed by atoms with van der Waals surface area (Å²) in [5.41, 5.74) is 1.97. The molecule has 6 heteroatoms. The molecule has 2 aliphatic heterocycles. The van der Waals surface area contributed by atoms with Crippen molar-refractivity contribution in [3.05, 3.63) is 42.5 Å². The van der Waals surface area contributed by atoms with Gasteiger partial charge >= 0.3 is 0 Å². The molecule has 1 atom stereocenters. The molecule has 4 rings (SSSR count). The van der Waals surface area contributed by atoms with Crippen molar-refractivity contribution >= 4 is 11.6 Å². The molecule has 2 aromatic rings. The maximum Gasteiger partial charge on any atom is 0.234 e. The van der Waals surface area contributed by atoms with Crippen LogP contribution in [-0.2, 0) is 18.4 Å². The maximum atomic E-state index is 13.0. The van der Waals surface area contributed by atoms with E-state index in [1.807, 2.05) is 42.7 Å². The van der Waals surface area contributed by atoms with E-state index in [-0.39, 0.29) is 11.3 Å². The summed E-state index contributed by atoms with van der Waals surface area (Å²) in [5.74, 6) is 0.266. The van der Waals surface area contributed by atoms with Crippen LogP contribution < -0.4 is 4.90 Å². The van der Waals surface area contributed by atoms with E-state index in [0.717, 1.165) is 44.7 Å². The van der Waals surface area contributed by atoms with Gasteiger partial charge in [-0.1, -0.05) is 0 Å². The van der Waals surface area contributed by atoms with Crippen molar-refractivity contribution in [3.63, 3.8) is 0 Å². The molecule has 2 aliphatic rings. The third-order valence-corrected chi connectivity index (χ3v) is 5.10. The molecule has 0 saturated carbocycles. The monoisotopic (exact) mass is 311 g/mol. The van der Waals surface area contributed by atoms with Crippen LogP contribution in [0.4, 0.5) is 5.69 Å². The number of hydrogen-bond acceptors (Lipinski definition) is 4. The van der Waals surface area contributed by atoms with Crippen molar-refractivity contribution in [3.8, 4) is 0 Å². The van der Waals surface area contributed by atoms with Crippen LogP contribution in [0.5, 0.6) is 0 Å². The molecule has 0 radical (unpaired) electrons. The van der Waals surface area contributed by atoms with Crippen molar-refractivity contribution in [2.45, 2.75) is 19.4 Å². The fourth-order valence-corrected chi connectivity index (χ4v) is 3.83. The van der Waals surface area contributed by atoms with Gasteiger partial charge in [0.1, 0.15) is 0 Å². The van der Waals surface area contributed by atoms with Gasteiger partial charge in [-0.3, -0.25) is 19.4 Å². The minimum absolute atomic E-state index is 0.205. The summed E-state index contributed by atoms with van der Waals surface area (Å²) in [7, 11) is 1.88. The van der Waals surface area contributed by atoms with Crippen LogP contribution in [-0.4, -0.2) is 45.2 Å². The number of nitrogens with zero attached hydrogens (tertiary/aromatic N) is 5. The average Bonchev–Trinajstić information content (AvgIpc) is 3.23. The van der Waals surface area contributed by atoms with Gasteiger partial charge in [0.15, 0.2) is 0 Å². The van der Waals surface area contributed by atoms with E-state index in [1.165, 1.54) is 5.56 Å². The Hall–Kier alpha value is -2.21. The van der Waals surface area contributed by atoms with Gasteiger partial charge in [0.2, 0.25) is 5.91 Å². The second-order valence-corrected chi connectivity index (χ2v) is 6.68. The van der Waals surface area contributed by atoms with E-state index in [0.29, 0.717) is 0 Å². The Morgan fingerprint density at radius 3 is 2.74 bits per heavy atom. The number of carbonyl (C=O) groups excluding carboxylic acids is 1. The summed E-state index contributed by atoms with van der Waals surface area (Å²) < 4.78 is 1.75. The Balaban J connectivity index is 1.47. The van der Waals surface area contributed by atoms with Crippen molar-refractivity contribution in [2.24, 2.45) is 12.5 Å². The summed E-state index contributed by atoms with van der Waals surface area (Å²) in [6, 6.07) is 4.09. The van der Waals surface area contributed by atoms with Crippen LogP contribution in [0.15, 0.2) is 36.9 Å². The molecule has 0 unspecified atom stereocenters. The second kappa shape index (κ2) is 5.45. The Kier molecular flexibility index (Phi) is 3.41. The van der Waals surface area contributed by atoms with Gasteiger partial charge in [0.25, 0.3) is 0 Å². The number of aromatic nitrogens is 3. The van der Waals surface area contributed by atoms with Crippen molar-refractivity contribution in [2.75, 3.05) is 24.5 Å². The first kappa shape index (κ1) is 14.4. The highest BCUT2D eigenvalue weighted by atomic mass is 16.2. The molecule has 0 N–H and O–H groups in total. The van der Waals surface area contributed by atoms with Gasteiger partial charge in [-0.15, -0.1) is 0 Å². The van der Waals surface area contributed by atoms with Crippen molar-refractivity contribution < 1.29 is 4.79 Å². The molecule has 0 bridgehead atoms. The van der Waals surface area contributed by atoms with E-state index < -0.39 is 0 Å². The maximum absolute atomic E-state index is 13.0. The van der Waals surface area contributed by atoms with Crippen LogP contribution in [0.25, 0.3) is 0 Å². The molecule has 120 valence electrons. The normalized spacial score (nSPS) is 24.9. The van der Waals surface area contributed by atoms with Gasteiger partial charge < -0.3 is 4.90 Å². The zero-order chi connectivity index (χ0) is 15.9. The Labute approximate surface area is 135 Å². The molecule has 2 aromatic heterocycles. The SMILES string of the molecule is Cn1cc(N2CC[C@@]3(CCN(Cc4ccncc4)C3)C2=O)cn1. The third-order valence-electron chi connectivity index (χ3n) is 5.10. The molecule has 2 fully saturated rings. The molecule has 1 amide bonds. The molecule has 0 aromatic carbocycles. The van der Waals surface area contributed by atoms with E-state index in [9.17, 15) is 4.79 Å². The van der Waals surface area contributed by atoms with E-state index in [2.05, 4.69) is 15.0 Å². The number of hydrogen-bond donors (Lipinski definition) is 0. The molecule has 6 nitrogen and oxygen atoms in total. The number of pyridine rings is 1. The fraction of sp³-hybridized carbons (Fsp3) is 0.471. The summed E-state index contributed by atoms with van der Waals surface area (Å²) >= 11 is 0. The van der Waals surface area contributed by atoms with Crippen molar-refractivity contribution in [1.29, 1.82) is 0 Å². The zero-order valence-corrected chi connectivity index (χ0v) is 13.4. The quantitative estimate of drug-likeness (QED) is 0.861. The molecule has 1 spiro atoms. The number of aryl methyl sites for hydroxylation is 1. The van der Waals surface area contributed by atoms with Gasteiger partial charge in [0.05, 0.1) is 17.3 Å². The summed E-state index contributed by atoms with van der Waals surface area (Å²) in [6.45, 7) is 3.53. The second-order valence-electron chi connectivity index (χ2n) is 6.68. The van der Waals surface area contributed by atoms with Gasteiger partial charge in [-0.05, 0) is 37.1 Å². The van der Waals surface area contributed by atoms with Gasteiger partial charge in [-0.2, -0.15) is 5.10 Å². The van der Waals surface area contributed by atoms with Crippen LogP contribution in [0.3, 0.4) is 0 Å². The standard InChI is InChI=1S/C17H21N5O/c1-20-12-15(10-19-20)22-9-5-17(16(22)23)4-8-21(13-17)11-14-2-6-18-7-3-14/h2-3,6-7,10,12H,4-5,8-9,11,13H2,1H3/t17-/m1/s1. The fourth-order valence-electron chi connectivity index (χ4n) is 3.83. The Morgan fingerprint density at radius 2 is 2.00 bits per heavy atom. The first-order chi connectivity index (χ1) is 11.2. The van der Waals surface area contributed by atoms with Crippen molar-refractivity contribution in [1.82, 2.24) is 19.7 Å². The molecule has 4 heterocycles. The lowest BCUT2D eigenvalue weighted by atomic mass is 9.85. The first-order valence-electron chi connectivity index (χ1n) is 8.08.